The van der Waals surface area contributed by atoms with Gasteiger partial charge in [0.25, 0.3) is 15.9 Å². The summed E-state index contributed by atoms with van der Waals surface area (Å²) in [5.74, 6) is 0.166. The van der Waals surface area contributed by atoms with Crippen LogP contribution in [0.25, 0.3) is 0 Å². The maximum atomic E-state index is 12.5. The van der Waals surface area contributed by atoms with Gasteiger partial charge in [0.1, 0.15) is 5.75 Å². The number of sulfonamides is 1. The highest BCUT2D eigenvalue weighted by Gasteiger charge is 2.17. The van der Waals surface area contributed by atoms with E-state index < -0.39 is 10.0 Å². The van der Waals surface area contributed by atoms with Gasteiger partial charge in [-0.15, -0.1) is 0 Å². The molecule has 0 aliphatic carbocycles. The predicted molar refractivity (Wildman–Crippen MR) is 114 cm³/mol. The number of aryl methyl sites for hydroxylation is 1. The molecule has 0 heterocycles. The summed E-state index contributed by atoms with van der Waals surface area (Å²) < 4.78 is 32.5. The van der Waals surface area contributed by atoms with Gasteiger partial charge < -0.3 is 10.1 Å². The molecule has 0 atom stereocenters. The molecule has 0 radical (unpaired) electrons. The van der Waals surface area contributed by atoms with Crippen LogP contribution in [-0.4, -0.2) is 21.4 Å². The molecule has 3 rings (SSSR count). The number of carbonyl (C=O) groups is 1. The standard InChI is InChI=1S/C21H19ClN2O4S/c1-14-3-5-15(6-4-14)23-21(25)19-12-7-16(13-20(19)22)24-29(26,27)18-10-8-17(28-2)9-11-18/h3-13,24H,1-2H3,(H,23,25). The van der Waals surface area contributed by atoms with E-state index in [1.165, 1.54) is 37.4 Å². The lowest BCUT2D eigenvalue weighted by Gasteiger charge is -2.11. The Labute approximate surface area is 174 Å². The first-order chi connectivity index (χ1) is 13.8. The molecule has 2 N–H and O–H groups in total. The molecular weight excluding hydrogens is 412 g/mol. The molecule has 0 saturated heterocycles. The monoisotopic (exact) mass is 430 g/mol. The summed E-state index contributed by atoms with van der Waals surface area (Å²) in [4.78, 5) is 12.5. The second kappa shape index (κ2) is 8.55. The molecule has 8 heteroatoms. The number of hydrogen-bond acceptors (Lipinski definition) is 4. The summed E-state index contributed by atoms with van der Waals surface area (Å²) in [5, 5.41) is 2.89. The molecule has 0 aliphatic rings. The van der Waals surface area contributed by atoms with Crippen LogP contribution >= 0.6 is 11.6 Å². The quantitative estimate of drug-likeness (QED) is 0.593. The number of hydrogen-bond donors (Lipinski definition) is 2. The third-order valence-corrected chi connectivity index (χ3v) is 5.86. The van der Waals surface area contributed by atoms with Gasteiger partial charge in [0.05, 0.1) is 28.3 Å². The van der Waals surface area contributed by atoms with Crippen LogP contribution in [0.15, 0.2) is 71.6 Å². The second-order valence-corrected chi connectivity index (χ2v) is 8.39. The van der Waals surface area contributed by atoms with Crippen molar-refractivity contribution in [2.45, 2.75) is 11.8 Å². The Morgan fingerprint density at radius 3 is 2.14 bits per heavy atom. The molecule has 0 unspecified atom stereocenters. The van der Waals surface area contributed by atoms with Crippen LogP contribution in [0.1, 0.15) is 15.9 Å². The Hall–Kier alpha value is -3.03. The van der Waals surface area contributed by atoms with Gasteiger partial charge in [-0.25, -0.2) is 8.42 Å². The normalized spacial score (nSPS) is 11.0. The third-order valence-electron chi connectivity index (χ3n) is 4.15. The summed E-state index contributed by atoms with van der Waals surface area (Å²) in [6.07, 6.45) is 0. The Kier molecular flexibility index (Phi) is 6.10. The minimum Gasteiger partial charge on any atom is -0.497 e. The summed E-state index contributed by atoms with van der Waals surface area (Å²) in [7, 11) is -2.31. The highest BCUT2D eigenvalue weighted by atomic mass is 35.5. The molecule has 0 bridgehead atoms. The van der Waals surface area contributed by atoms with Gasteiger partial charge in [-0.05, 0) is 61.5 Å². The van der Waals surface area contributed by atoms with Crippen molar-refractivity contribution < 1.29 is 17.9 Å². The molecule has 6 nitrogen and oxygen atoms in total. The first kappa shape index (κ1) is 20.7. The predicted octanol–water partition coefficient (Wildman–Crippen LogP) is 4.71. The fraction of sp³-hybridized carbons (Fsp3) is 0.0952. The zero-order valence-corrected chi connectivity index (χ0v) is 17.3. The lowest BCUT2D eigenvalue weighted by molar-refractivity contribution is 0.102. The van der Waals surface area contributed by atoms with E-state index in [9.17, 15) is 13.2 Å². The SMILES string of the molecule is COc1ccc(S(=O)(=O)Nc2ccc(C(=O)Nc3ccc(C)cc3)c(Cl)c2)cc1. The molecule has 0 saturated carbocycles. The third kappa shape index (κ3) is 5.07. The fourth-order valence-corrected chi connectivity index (χ4v) is 3.88. The minimum absolute atomic E-state index is 0.0793. The van der Waals surface area contributed by atoms with Crippen molar-refractivity contribution in [1.29, 1.82) is 0 Å². The van der Waals surface area contributed by atoms with Gasteiger partial charge >= 0.3 is 0 Å². The highest BCUT2D eigenvalue weighted by Crippen LogP contribution is 2.25. The van der Waals surface area contributed by atoms with Crippen molar-refractivity contribution in [3.63, 3.8) is 0 Å². The van der Waals surface area contributed by atoms with Crippen LogP contribution in [0.2, 0.25) is 5.02 Å². The Morgan fingerprint density at radius 2 is 1.55 bits per heavy atom. The van der Waals surface area contributed by atoms with Gasteiger partial charge in [-0.1, -0.05) is 29.3 Å². The first-order valence-corrected chi connectivity index (χ1v) is 10.5. The molecule has 3 aromatic rings. The molecule has 0 fully saturated rings. The summed E-state index contributed by atoms with van der Waals surface area (Å²) >= 11 is 6.22. The number of amides is 1. The topological polar surface area (TPSA) is 84.5 Å². The maximum Gasteiger partial charge on any atom is 0.261 e. The number of methoxy groups -OCH3 is 1. The molecule has 3 aromatic carbocycles. The Balaban J connectivity index is 1.76. The highest BCUT2D eigenvalue weighted by molar-refractivity contribution is 7.92. The van der Waals surface area contributed by atoms with E-state index in [-0.39, 0.29) is 27.1 Å². The minimum atomic E-state index is -3.81. The molecular formula is C21H19ClN2O4S. The van der Waals surface area contributed by atoms with Gasteiger partial charge in [0, 0.05) is 5.69 Å². The molecule has 0 aliphatic heterocycles. The number of nitrogens with one attached hydrogen (secondary N) is 2. The number of carbonyl (C=O) groups excluding carboxylic acids is 1. The van der Waals surface area contributed by atoms with E-state index in [1.807, 2.05) is 19.1 Å². The molecule has 29 heavy (non-hydrogen) atoms. The Morgan fingerprint density at radius 1 is 0.931 bits per heavy atom. The lowest BCUT2D eigenvalue weighted by atomic mass is 10.1. The van der Waals surface area contributed by atoms with Gasteiger partial charge in [0.2, 0.25) is 0 Å². The number of anilines is 2. The second-order valence-electron chi connectivity index (χ2n) is 6.30. The van der Waals surface area contributed by atoms with E-state index in [4.69, 9.17) is 16.3 Å². The fourth-order valence-electron chi connectivity index (χ4n) is 2.57. The zero-order valence-electron chi connectivity index (χ0n) is 15.8. The molecule has 1 amide bonds. The maximum absolute atomic E-state index is 12.5. The van der Waals surface area contributed by atoms with Gasteiger partial charge in [-0.2, -0.15) is 0 Å². The van der Waals surface area contributed by atoms with Crippen molar-refractivity contribution >= 4 is 38.9 Å². The number of ether oxygens (including phenoxy) is 1. The van der Waals surface area contributed by atoms with E-state index >= 15 is 0 Å². The summed E-state index contributed by atoms with van der Waals surface area (Å²) in [6, 6.07) is 17.7. The van der Waals surface area contributed by atoms with Crippen molar-refractivity contribution in [2.24, 2.45) is 0 Å². The first-order valence-electron chi connectivity index (χ1n) is 8.63. The van der Waals surface area contributed by atoms with Crippen LogP contribution < -0.4 is 14.8 Å². The van der Waals surface area contributed by atoms with Crippen molar-refractivity contribution in [3.05, 3.63) is 82.9 Å². The van der Waals surface area contributed by atoms with Crippen LogP contribution in [0.3, 0.4) is 0 Å². The van der Waals surface area contributed by atoms with Crippen LogP contribution in [0.5, 0.6) is 5.75 Å². The van der Waals surface area contributed by atoms with Crippen molar-refractivity contribution in [1.82, 2.24) is 0 Å². The van der Waals surface area contributed by atoms with E-state index in [1.54, 1.807) is 24.3 Å². The van der Waals surface area contributed by atoms with Crippen LogP contribution in [-0.2, 0) is 10.0 Å². The van der Waals surface area contributed by atoms with Crippen molar-refractivity contribution in [3.8, 4) is 5.75 Å². The zero-order chi connectivity index (χ0) is 21.0. The van der Waals surface area contributed by atoms with Crippen molar-refractivity contribution in [2.75, 3.05) is 17.1 Å². The Bertz CT molecular complexity index is 1130. The van der Waals surface area contributed by atoms with Gasteiger partial charge in [0.15, 0.2) is 0 Å². The van der Waals surface area contributed by atoms with Gasteiger partial charge in [-0.3, -0.25) is 9.52 Å². The average Bonchev–Trinajstić information content (AvgIpc) is 2.69. The summed E-state index contributed by atoms with van der Waals surface area (Å²) in [6.45, 7) is 1.95. The smallest absolute Gasteiger partial charge is 0.261 e. The number of rotatable bonds is 6. The van der Waals surface area contributed by atoms with E-state index in [0.717, 1.165) is 5.56 Å². The van der Waals surface area contributed by atoms with E-state index in [2.05, 4.69) is 10.0 Å². The van der Waals surface area contributed by atoms with E-state index in [0.29, 0.717) is 11.4 Å². The number of halogens is 1. The number of benzene rings is 3. The van der Waals surface area contributed by atoms with Crippen LogP contribution in [0, 0.1) is 6.92 Å². The largest absolute Gasteiger partial charge is 0.497 e. The van der Waals surface area contributed by atoms with Crippen LogP contribution in [0.4, 0.5) is 11.4 Å². The molecule has 150 valence electrons. The average molecular weight is 431 g/mol. The lowest BCUT2D eigenvalue weighted by Crippen LogP contribution is -2.15. The summed E-state index contributed by atoms with van der Waals surface area (Å²) in [5.41, 5.74) is 2.20. The molecule has 0 spiro atoms. The molecule has 0 aromatic heterocycles.